The van der Waals surface area contributed by atoms with E-state index in [9.17, 15) is 4.79 Å². The van der Waals surface area contributed by atoms with Crippen molar-refractivity contribution in [1.29, 1.82) is 0 Å². The molecule has 0 atom stereocenters. The SMILES string of the molecule is COc1cc2c(=O)cc(-c3cccc(Br)c3)[nH]c2c2c(OC)cccc12. The molecule has 0 aliphatic heterocycles. The molecule has 1 aromatic heterocycles. The lowest BCUT2D eigenvalue weighted by molar-refractivity contribution is 0.416. The number of pyridine rings is 1. The van der Waals surface area contributed by atoms with Gasteiger partial charge < -0.3 is 14.5 Å². The van der Waals surface area contributed by atoms with Crippen LogP contribution in [0.25, 0.3) is 32.9 Å². The van der Waals surface area contributed by atoms with Crippen LogP contribution in [0.4, 0.5) is 0 Å². The van der Waals surface area contributed by atoms with Gasteiger partial charge in [0.2, 0.25) is 0 Å². The van der Waals surface area contributed by atoms with Gasteiger partial charge in [0, 0.05) is 27.0 Å². The summed E-state index contributed by atoms with van der Waals surface area (Å²) >= 11 is 3.48. The van der Waals surface area contributed by atoms with Crippen molar-refractivity contribution in [1.82, 2.24) is 4.98 Å². The summed E-state index contributed by atoms with van der Waals surface area (Å²) in [6.07, 6.45) is 0. The molecule has 130 valence electrons. The number of H-pyrrole nitrogens is 1. The van der Waals surface area contributed by atoms with Gasteiger partial charge in [-0.05, 0) is 29.8 Å². The van der Waals surface area contributed by atoms with Gasteiger partial charge in [0.05, 0.1) is 25.1 Å². The number of hydrogen-bond acceptors (Lipinski definition) is 3. The molecule has 0 saturated carbocycles. The van der Waals surface area contributed by atoms with Gasteiger partial charge in [0.1, 0.15) is 11.5 Å². The maximum absolute atomic E-state index is 12.8. The van der Waals surface area contributed by atoms with E-state index in [4.69, 9.17) is 9.47 Å². The summed E-state index contributed by atoms with van der Waals surface area (Å²) in [4.78, 5) is 16.3. The summed E-state index contributed by atoms with van der Waals surface area (Å²) in [6, 6.07) is 17.0. The number of aromatic nitrogens is 1. The van der Waals surface area contributed by atoms with Gasteiger partial charge in [0.25, 0.3) is 0 Å². The van der Waals surface area contributed by atoms with Crippen LogP contribution in [0.1, 0.15) is 0 Å². The molecule has 4 aromatic rings. The van der Waals surface area contributed by atoms with Crippen LogP contribution in [-0.2, 0) is 0 Å². The molecule has 0 bridgehead atoms. The average molecular weight is 410 g/mol. The molecule has 0 amide bonds. The van der Waals surface area contributed by atoms with Gasteiger partial charge in [-0.3, -0.25) is 4.79 Å². The predicted octanol–water partition coefficient (Wildman–Crippen LogP) is 5.13. The topological polar surface area (TPSA) is 51.3 Å². The lowest BCUT2D eigenvalue weighted by Gasteiger charge is -2.13. The van der Waals surface area contributed by atoms with Crippen molar-refractivity contribution in [3.8, 4) is 22.8 Å². The number of benzene rings is 3. The minimum atomic E-state index is -0.0696. The Morgan fingerprint density at radius 3 is 2.38 bits per heavy atom. The number of fused-ring (bicyclic) bond motifs is 3. The third kappa shape index (κ3) is 2.65. The standard InChI is InChI=1S/C21H16BrNO3/c1-25-18-8-4-7-14-19(26-2)10-15-17(24)11-16(23-21(15)20(14)18)12-5-3-6-13(22)9-12/h3-11H,1-2H3,(H,23,24). The number of hydrogen-bond donors (Lipinski definition) is 1. The van der Waals surface area contributed by atoms with Gasteiger partial charge >= 0.3 is 0 Å². The van der Waals surface area contributed by atoms with Gasteiger partial charge in [-0.25, -0.2) is 0 Å². The first-order valence-corrected chi connectivity index (χ1v) is 8.88. The van der Waals surface area contributed by atoms with Crippen molar-refractivity contribution < 1.29 is 9.47 Å². The van der Waals surface area contributed by atoms with Crippen LogP contribution < -0.4 is 14.9 Å². The molecular weight excluding hydrogens is 394 g/mol. The predicted molar refractivity (Wildman–Crippen MR) is 108 cm³/mol. The molecule has 3 aromatic carbocycles. The first kappa shape index (κ1) is 16.7. The van der Waals surface area contributed by atoms with Crippen molar-refractivity contribution in [2.75, 3.05) is 14.2 Å². The first-order chi connectivity index (χ1) is 12.6. The number of nitrogens with one attached hydrogen (secondary N) is 1. The van der Waals surface area contributed by atoms with Crippen LogP contribution in [-0.4, -0.2) is 19.2 Å². The molecule has 5 heteroatoms. The molecule has 0 unspecified atom stereocenters. The molecule has 0 aliphatic rings. The zero-order chi connectivity index (χ0) is 18.3. The second kappa shape index (κ2) is 6.50. The number of halogens is 1. The number of aromatic amines is 1. The van der Waals surface area contributed by atoms with Crippen molar-refractivity contribution in [3.63, 3.8) is 0 Å². The maximum atomic E-state index is 12.8. The van der Waals surface area contributed by atoms with Crippen LogP contribution in [0.3, 0.4) is 0 Å². The van der Waals surface area contributed by atoms with E-state index in [1.54, 1.807) is 26.4 Å². The smallest absolute Gasteiger partial charge is 0.190 e. The fraction of sp³-hybridized carbons (Fsp3) is 0.0952. The number of methoxy groups -OCH3 is 2. The molecule has 1 N–H and O–H groups in total. The molecule has 0 spiro atoms. The monoisotopic (exact) mass is 409 g/mol. The Labute approximate surface area is 158 Å². The maximum Gasteiger partial charge on any atom is 0.190 e. The van der Waals surface area contributed by atoms with E-state index in [0.717, 1.165) is 32.0 Å². The largest absolute Gasteiger partial charge is 0.496 e. The fourth-order valence-electron chi connectivity index (χ4n) is 3.26. The van der Waals surface area contributed by atoms with E-state index in [2.05, 4.69) is 20.9 Å². The molecule has 0 fully saturated rings. The van der Waals surface area contributed by atoms with Crippen LogP contribution >= 0.6 is 15.9 Å². The van der Waals surface area contributed by atoms with Crippen LogP contribution in [0, 0.1) is 0 Å². The van der Waals surface area contributed by atoms with E-state index in [0.29, 0.717) is 16.9 Å². The van der Waals surface area contributed by atoms with Crippen LogP contribution in [0.15, 0.2) is 63.9 Å². The Balaban J connectivity index is 2.16. The summed E-state index contributed by atoms with van der Waals surface area (Å²) in [7, 11) is 3.22. The van der Waals surface area contributed by atoms with Gasteiger partial charge in [-0.1, -0.05) is 40.2 Å². The van der Waals surface area contributed by atoms with Crippen LogP contribution in [0.5, 0.6) is 11.5 Å². The molecule has 0 saturated heterocycles. The van der Waals surface area contributed by atoms with Gasteiger partial charge in [0.15, 0.2) is 5.43 Å². The Kier molecular flexibility index (Phi) is 4.17. The summed E-state index contributed by atoms with van der Waals surface area (Å²) in [5.74, 6) is 1.33. The Bertz CT molecular complexity index is 1200. The highest BCUT2D eigenvalue weighted by molar-refractivity contribution is 9.10. The van der Waals surface area contributed by atoms with E-state index in [-0.39, 0.29) is 5.43 Å². The average Bonchev–Trinajstić information content (AvgIpc) is 2.66. The summed E-state index contributed by atoms with van der Waals surface area (Å²) < 4.78 is 12.0. The Hall–Kier alpha value is -2.79. The summed E-state index contributed by atoms with van der Waals surface area (Å²) in [5.41, 5.74) is 2.35. The quantitative estimate of drug-likeness (QED) is 0.477. The van der Waals surface area contributed by atoms with Crippen LogP contribution in [0.2, 0.25) is 0 Å². The lowest BCUT2D eigenvalue weighted by atomic mass is 10.0. The first-order valence-electron chi connectivity index (χ1n) is 8.09. The normalized spacial score (nSPS) is 11.0. The van der Waals surface area contributed by atoms with Crippen molar-refractivity contribution in [2.24, 2.45) is 0 Å². The zero-order valence-corrected chi connectivity index (χ0v) is 15.9. The van der Waals surface area contributed by atoms with Gasteiger partial charge in [-0.2, -0.15) is 0 Å². The van der Waals surface area contributed by atoms with Crippen molar-refractivity contribution in [2.45, 2.75) is 0 Å². The van der Waals surface area contributed by atoms with E-state index < -0.39 is 0 Å². The third-order valence-electron chi connectivity index (χ3n) is 4.46. The highest BCUT2D eigenvalue weighted by Crippen LogP contribution is 2.37. The number of rotatable bonds is 3. The lowest BCUT2D eigenvalue weighted by Crippen LogP contribution is -2.04. The molecule has 1 heterocycles. The molecule has 26 heavy (non-hydrogen) atoms. The summed E-state index contributed by atoms with van der Waals surface area (Å²) in [5, 5.41) is 2.29. The highest BCUT2D eigenvalue weighted by atomic mass is 79.9. The Morgan fingerprint density at radius 1 is 0.885 bits per heavy atom. The van der Waals surface area contributed by atoms with Crippen molar-refractivity contribution >= 4 is 37.6 Å². The molecule has 0 aliphatic carbocycles. The molecule has 0 radical (unpaired) electrons. The van der Waals surface area contributed by atoms with E-state index in [1.807, 2.05) is 42.5 Å². The van der Waals surface area contributed by atoms with Gasteiger partial charge in [-0.15, -0.1) is 0 Å². The van der Waals surface area contributed by atoms with E-state index in [1.165, 1.54) is 0 Å². The Morgan fingerprint density at radius 2 is 1.65 bits per heavy atom. The molecule has 4 nitrogen and oxygen atoms in total. The number of ether oxygens (including phenoxy) is 2. The van der Waals surface area contributed by atoms with Crippen molar-refractivity contribution in [3.05, 3.63) is 69.3 Å². The fourth-order valence-corrected chi connectivity index (χ4v) is 3.66. The highest BCUT2D eigenvalue weighted by Gasteiger charge is 2.15. The zero-order valence-electron chi connectivity index (χ0n) is 14.3. The second-order valence-corrected chi connectivity index (χ2v) is 6.86. The second-order valence-electron chi connectivity index (χ2n) is 5.94. The minimum absolute atomic E-state index is 0.0696. The third-order valence-corrected chi connectivity index (χ3v) is 4.96. The van der Waals surface area contributed by atoms with E-state index >= 15 is 0 Å². The molecule has 4 rings (SSSR count). The molecular formula is C21H16BrNO3. The summed E-state index contributed by atoms with van der Waals surface area (Å²) in [6.45, 7) is 0. The minimum Gasteiger partial charge on any atom is -0.496 e.